The molecule has 172 valence electrons. The molecule has 8 nitrogen and oxygen atoms in total. The average Bonchev–Trinajstić information content (AvgIpc) is 3.29. The number of hydrogen-bond donors (Lipinski definition) is 2. The lowest BCUT2D eigenvalue weighted by Gasteiger charge is -2.36. The summed E-state index contributed by atoms with van der Waals surface area (Å²) in [5.41, 5.74) is 0. The van der Waals surface area contributed by atoms with Gasteiger partial charge in [0.05, 0.1) is 13.2 Å². The molecule has 0 spiro atoms. The summed E-state index contributed by atoms with van der Waals surface area (Å²) < 4.78 is 5.41. The van der Waals surface area contributed by atoms with Gasteiger partial charge in [0, 0.05) is 58.4 Å². The number of thiocarbonyl (C=S) groups is 1. The van der Waals surface area contributed by atoms with Gasteiger partial charge in [0.1, 0.15) is 11.6 Å². The number of anilines is 3. The van der Waals surface area contributed by atoms with Crippen molar-refractivity contribution in [3.8, 4) is 0 Å². The van der Waals surface area contributed by atoms with Crippen LogP contribution in [0.1, 0.15) is 33.1 Å². The fraction of sp³-hybridized carbons (Fsp3) is 0.773. The van der Waals surface area contributed by atoms with E-state index in [9.17, 15) is 0 Å². The number of aromatic nitrogens is 2. The van der Waals surface area contributed by atoms with Crippen LogP contribution >= 0.6 is 12.2 Å². The van der Waals surface area contributed by atoms with E-state index in [1.807, 2.05) is 0 Å². The predicted octanol–water partition coefficient (Wildman–Crippen LogP) is 2.18. The molecule has 3 aliphatic heterocycles. The summed E-state index contributed by atoms with van der Waals surface area (Å²) in [6.07, 6.45) is 3.73. The molecule has 3 saturated heterocycles. The summed E-state index contributed by atoms with van der Waals surface area (Å²) >= 11 is 5.55. The molecule has 4 heterocycles. The Bertz CT molecular complexity index is 727. The third kappa shape index (κ3) is 6.40. The summed E-state index contributed by atoms with van der Waals surface area (Å²) in [5.74, 6) is 3.96. The molecule has 9 heteroatoms. The van der Waals surface area contributed by atoms with Crippen LogP contribution in [-0.4, -0.2) is 85.6 Å². The molecule has 0 amide bonds. The number of piperidine rings is 1. The minimum Gasteiger partial charge on any atom is -0.379 e. The van der Waals surface area contributed by atoms with Gasteiger partial charge >= 0.3 is 0 Å². The molecular weight excluding hydrogens is 410 g/mol. The monoisotopic (exact) mass is 447 g/mol. The van der Waals surface area contributed by atoms with Crippen LogP contribution in [-0.2, 0) is 4.74 Å². The van der Waals surface area contributed by atoms with E-state index in [0.717, 1.165) is 77.2 Å². The van der Waals surface area contributed by atoms with Crippen molar-refractivity contribution >= 4 is 34.9 Å². The Balaban J connectivity index is 1.41. The van der Waals surface area contributed by atoms with Crippen molar-refractivity contribution in [3.63, 3.8) is 0 Å². The molecule has 2 atom stereocenters. The Morgan fingerprint density at radius 1 is 1.03 bits per heavy atom. The van der Waals surface area contributed by atoms with Crippen molar-refractivity contribution in [2.45, 2.75) is 33.1 Å². The average molecular weight is 448 g/mol. The van der Waals surface area contributed by atoms with Crippen LogP contribution in [0.4, 0.5) is 17.6 Å². The summed E-state index contributed by atoms with van der Waals surface area (Å²) in [6.45, 7) is 14.2. The second-order valence-corrected chi connectivity index (χ2v) is 9.70. The molecule has 4 rings (SSSR count). The number of morpholine rings is 1. The molecule has 0 saturated carbocycles. The molecule has 1 aromatic heterocycles. The number of ether oxygens (including phenoxy) is 1. The highest BCUT2D eigenvalue weighted by Gasteiger charge is 2.25. The summed E-state index contributed by atoms with van der Waals surface area (Å²) in [5, 5.41) is 7.14. The number of nitrogens with one attached hydrogen (secondary N) is 2. The maximum Gasteiger partial charge on any atom is 0.232 e. The van der Waals surface area contributed by atoms with E-state index < -0.39 is 0 Å². The zero-order valence-electron chi connectivity index (χ0n) is 19.0. The number of rotatable bonds is 6. The molecule has 3 fully saturated rings. The molecule has 0 aliphatic carbocycles. The number of nitrogens with zero attached hydrogens (tertiary/aromatic N) is 5. The van der Waals surface area contributed by atoms with Gasteiger partial charge in [0.2, 0.25) is 5.95 Å². The Morgan fingerprint density at radius 2 is 1.68 bits per heavy atom. The van der Waals surface area contributed by atoms with E-state index in [-0.39, 0.29) is 0 Å². The topological polar surface area (TPSA) is 68.8 Å². The lowest BCUT2D eigenvalue weighted by Crippen LogP contribution is -2.42. The van der Waals surface area contributed by atoms with Crippen molar-refractivity contribution in [2.75, 3.05) is 80.7 Å². The first-order valence-corrected chi connectivity index (χ1v) is 12.2. The van der Waals surface area contributed by atoms with Crippen LogP contribution in [0.3, 0.4) is 0 Å². The molecule has 1 aromatic rings. The van der Waals surface area contributed by atoms with Crippen LogP contribution in [0.15, 0.2) is 6.07 Å². The summed E-state index contributed by atoms with van der Waals surface area (Å²) in [6, 6.07) is 2.16. The van der Waals surface area contributed by atoms with Gasteiger partial charge in [0.15, 0.2) is 5.11 Å². The molecule has 0 radical (unpaired) electrons. The smallest absolute Gasteiger partial charge is 0.232 e. The predicted molar refractivity (Wildman–Crippen MR) is 130 cm³/mol. The van der Waals surface area contributed by atoms with Gasteiger partial charge in [0.25, 0.3) is 0 Å². The fourth-order valence-electron chi connectivity index (χ4n) is 4.90. The van der Waals surface area contributed by atoms with Crippen LogP contribution in [0.5, 0.6) is 0 Å². The van der Waals surface area contributed by atoms with Gasteiger partial charge < -0.3 is 25.2 Å². The van der Waals surface area contributed by atoms with Gasteiger partial charge in [-0.05, 0) is 43.3 Å². The van der Waals surface area contributed by atoms with E-state index in [1.54, 1.807) is 0 Å². The molecule has 2 N–H and O–H groups in total. The Kier molecular flexibility index (Phi) is 7.79. The molecule has 0 bridgehead atoms. The largest absolute Gasteiger partial charge is 0.379 e. The van der Waals surface area contributed by atoms with Crippen LogP contribution in [0.25, 0.3) is 0 Å². The first-order chi connectivity index (χ1) is 15.1. The summed E-state index contributed by atoms with van der Waals surface area (Å²) in [7, 11) is 0. The molecule has 3 aliphatic rings. The third-order valence-corrected chi connectivity index (χ3v) is 6.61. The van der Waals surface area contributed by atoms with E-state index in [4.69, 9.17) is 26.9 Å². The van der Waals surface area contributed by atoms with Gasteiger partial charge in [-0.1, -0.05) is 13.8 Å². The third-order valence-electron chi connectivity index (χ3n) is 6.36. The Labute approximate surface area is 191 Å². The maximum absolute atomic E-state index is 5.55. The van der Waals surface area contributed by atoms with Crippen LogP contribution in [0, 0.1) is 11.8 Å². The first kappa shape index (κ1) is 22.5. The molecule has 31 heavy (non-hydrogen) atoms. The quantitative estimate of drug-likeness (QED) is 0.639. The highest BCUT2D eigenvalue weighted by Crippen LogP contribution is 2.29. The van der Waals surface area contributed by atoms with Crippen molar-refractivity contribution in [2.24, 2.45) is 11.8 Å². The zero-order valence-corrected chi connectivity index (χ0v) is 19.8. The first-order valence-electron chi connectivity index (χ1n) is 11.8. The fourth-order valence-corrected chi connectivity index (χ4v) is 5.09. The number of hydrogen-bond acceptors (Lipinski definition) is 7. The second kappa shape index (κ2) is 10.7. The van der Waals surface area contributed by atoms with Gasteiger partial charge in [-0.3, -0.25) is 4.90 Å². The highest BCUT2D eigenvalue weighted by atomic mass is 32.1. The zero-order chi connectivity index (χ0) is 21.6. The normalized spacial score (nSPS) is 25.0. The van der Waals surface area contributed by atoms with Crippen molar-refractivity contribution in [1.29, 1.82) is 0 Å². The van der Waals surface area contributed by atoms with Crippen molar-refractivity contribution in [1.82, 2.24) is 20.2 Å². The lowest BCUT2D eigenvalue weighted by molar-refractivity contribution is 0.0389. The maximum atomic E-state index is 5.55. The molecule has 0 aromatic carbocycles. The van der Waals surface area contributed by atoms with Crippen molar-refractivity contribution in [3.05, 3.63) is 6.07 Å². The van der Waals surface area contributed by atoms with Gasteiger partial charge in [-0.2, -0.15) is 9.97 Å². The Hall–Kier alpha value is -1.71. The minimum atomic E-state index is 0.582. The van der Waals surface area contributed by atoms with E-state index in [1.165, 1.54) is 19.3 Å². The van der Waals surface area contributed by atoms with E-state index in [0.29, 0.717) is 22.9 Å². The van der Waals surface area contributed by atoms with Crippen LogP contribution in [0.2, 0.25) is 0 Å². The summed E-state index contributed by atoms with van der Waals surface area (Å²) in [4.78, 5) is 16.8. The van der Waals surface area contributed by atoms with E-state index >= 15 is 0 Å². The minimum absolute atomic E-state index is 0.582. The lowest BCUT2D eigenvalue weighted by atomic mass is 9.92. The molecule has 0 unspecified atom stereocenters. The van der Waals surface area contributed by atoms with Gasteiger partial charge in [-0.25, -0.2) is 0 Å². The van der Waals surface area contributed by atoms with Crippen molar-refractivity contribution < 1.29 is 4.74 Å². The van der Waals surface area contributed by atoms with Gasteiger partial charge in [-0.15, -0.1) is 0 Å². The SMILES string of the molecule is C[C@H]1C[C@H](C)CN(c2cc(N3CCCC3)nc(NC(=S)NCCN3CCOCC3)n2)C1. The Morgan fingerprint density at radius 3 is 2.35 bits per heavy atom. The standard InChI is InChI=1S/C22H37N7OS/c1-17-13-18(2)16-29(15-17)20-14-19(28-6-3-4-7-28)24-21(25-20)26-22(31)23-5-8-27-9-11-30-12-10-27/h14,17-18H,3-13,15-16H2,1-2H3,(H2,23,24,25,26,31)/t17-,18-/m0/s1. The van der Waals surface area contributed by atoms with E-state index in [2.05, 4.69) is 45.2 Å². The highest BCUT2D eigenvalue weighted by molar-refractivity contribution is 7.80. The second-order valence-electron chi connectivity index (χ2n) is 9.29. The van der Waals surface area contributed by atoms with Crippen LogP contribution < -0.4 is 20.4 Å². The molecular formula is C22H37N7OS.